The van der Waals surface area contributed by atoms with Crippen molar-refractivity contribution in [2.45, 2.75) is 19.9 Å². The van der Waals surface area contributed by atoms with E-state index in [0.29, 0.717) is 0 Å². The number of hydrogen-bond donors (Lipinski definition) is 0. The van der Waals surface area contributed by atoms with E-state index in [4.69, 9.17) is 0 Å². The second kappa shape index (κ2) is 3.26. The molecule has 1 heterocycles. The zero-order valence-corrected chi connectivity index (χ0v) is 8.08. The smallest absolute Gasteiger partial charge is 0.236 e. The van der Waals surface area contributed by atoms with Gasteiger partial charge in [0.15, 0.2) is 0 Å². The molecule has 0 radical (unpaired) electrons. The predicted molar refractivity (Wildman–Crippen MR) is 45.2 cm³/mol. The molecule has 0 aromatic carbocycles. The Balaban J connectivity index is 2.92. The first-order valence-electron chi connectivity index (χ1n) is 3.81. The Kier molecular flexibility index (Phi) is 2.52. The largest absolute Gasteiger partial charge is 0.301 e. The van der Waals surface area contributed by atoms with Gasteiger partial charge in [-0.1, -0.05) is 6.92 Å². The Bertz CT molecular complexity index is 353. The van der Waals surface area contributed by atoms with Crippen molar-refractivity contribution < 1.29 is 13.0 Å². The maximum atomic E-state index is 11.0. The van der Waals surface area contributed by atoms with Crippen molar-refractivity contribution in [3.8, 4) is 0 Å². The lowest BCUT2D eigenvalue weighted by Gasteiger charge is -1.89. The SMILES string of the molecule is CCC[n+]1ccn(S(C)(=O)=O)c1. The third-order valence-corrected chi connectivity index (χ3v) is 2.51. The summed E-state index contributed by atoms with van der Waals surface area (Å²) >= 11 is 0. The molecule has 1 aromatic rings. The van der Waals surface area contributed by atoms with Crippen LogP contribution >= 0.6 is 0 Å². The third-order valence-electron chi connectivity index (χ3n) is 1.53. The number of aromatic nitrogens is 2. The van der Waals surface area contributed by atoms with Gasteiger partial charge in [0.2, 0.25) is 0 Å². The second-order valence-corrected chi connectivity index (χ2v) is 4.63. The molecule has 0 aliphatic carbocycles. The summed E-state index contributed by atoms with van der Waals surface area (Å²) in [4.78, 5) is 0. The van der Waals surface area contributed by atoms with Gasteiger partial charge in [0.1, 0.15) is 12.4 Å². The van der Waals surface area contributed by atoms with Crippen molar-refractivity contribution in [2.75, 3.05) is 6.26 Å². The summed E-state index contributed by atoms with van der Waals surface area (Å²) in [5.74, 6) is 0. The third kappa shape index (κ3) is 2.07. The molecule has 0 aliphatic rings. The summed E-state index contributed by atoms with van der Waals surface area (Å²) in [6, 6.07) is 0. The molecule has 0 bridgehead atoms. The summed E-state index contributed by atoms with van der Waals surface area (Å²) in [6.45, 7) is 2.90. The highest BCUT2D eigenvalue weighted by Gasteiger charge is 2.11. The first-order chi connectivity index (χ1) is 5.54. The van der Waals surface area contributed by atoms with Crippen molar-refractivity contribution in [2.24, 2.45) is 0 Å². The standard InChI is InChI=1S/C7H13N2O2S/c1-3-4-8-5-6-9(7-8)12(2,10)11/h5-7H,3-4H2,1-2H3/q+1. The minimum atomic E-state index is -3.10. The fraction of sp³-hybridized carbons (Fsp3) is 0.571. The number of aryl methyl sites for hydroxylation is 1. The quantitative estimate of drug-likeness (QED) is 0.628. The lowest BCUT2D eigenvalue weighted by molar-refractivity contribution is -0.695. The molecule has 68 valence electrons. The second-order valence-electron chi connectivity index (χ2n) is 2.74. The van der Waals surface area contributed by atoms with Crippen LogP contribution in [0.5, 0.6) is 0 Å². The molecule has 4 nitrogen and oxygen atoms in total. The lowest BCUT2D eigenvalue weighted by atomic mass is 10.5. The van der Waals surface area contributed by atoms with Gasteiger partial charge in [-0.25, -0.2) is 4.57 Å². The van der Waals surface area contributed by atoms with E-state index in [1.165, 1.54) is 10.2 Å². The fourth-order valence-corrected chi connectivity index (χ4v) is 1.53. The van der Waals surface area contributed by atoms with Crippen LogP contribution in [0.2, 0.25) is 0 Å². The Morgan fingerprint density at radius 2 is 2.17 bits per heavy atom. The van der Waals surface area contributed by atoms with Crippen LogP contribution in [-0.2, 0) is 16.6 Å². The predicted octanol–water partition coefficient (Wildman–Crippen LogP) is -0.00670. The fourth-order valence-electron chi connectivity index (χ4n) is 0.961. The average molecular weight is 189 g/mol. The number of imidazole rings is 1. The normalized spacial score (nSPS) is 11.8. The van der Waals surface area contributed by atoms with Crippen molar-refractivity contribution in [3.05, 3.63) is 18.7 Å². The topological polar surface area (TPSA) is 43.0 Å². The first-order valence-corrected chi connectivity index (χ1v) is 5.66. The summed E-state index contributed by atoms with van der Waals surface area (Å²) in [6.07, 6.45) is 7.07. The zero-order chi connectivity index (χ0) is 9.19. The van der Waals surface area contributed by atoms with Gasteiger partial charge in [0, 0.05) is 0 Å². The van der Waals surface area contributed by atoms with Gasteiger partial charge in [-0.15, -0.1) is 3.97 Å². The molecule has 0 amide bonds. The Hall–Kier alpha value is -0.840. The Morgan fingerprint density at radius 1 is 1.50 bits per heavy atom. The van der Waals surface area contributed by atoms with Crippen LogP contribution in [0.1, 0.15) is 13.3 Å². The molecule has 0 saturated carbocycles. The van der Waals surface area contributed by atoms with Crippen LogP contribution in [0.15, 0.2) is 18.7 Å². The summed E-state index contributed by atoms with van der Waals surface area (Å²) in [7, 11) is -3.10. The van der Waals surface area contributed by atoms with E-state index in [1.807, 2.05) is 11.5 Å². The minimum Gasteiger partial charge on any atom is -0.236 e. The highest BCUT2D eigenvalue weighted by molar-refractivity contribution is 7.89. The maximum absolute atomic E-state index is 11.0. The number of nitrogens with zero attached hydrogens (tertiary/aromatic N) is 2. The molecule has 1 aromatic heterocycles. The molecule has 0 N–H and O–H groups in total. The Morgan fingerprint density at radius 3 is 2.58 bits per heavy atom. The highest BCUT2D eigenvalue weighted by atomic mass is 32.2. The molecule has 0 unspecified atom stereocenters. The van der Waals surface area contributed by atoms with Crippen LogP contribution in [-0.4, -0.2) is 18.6 Å². The van der Waals surface area contributed by atoms with Gasteiger partial charge in [-0.3, -0.25) is 0 Å². The van der Waals surface area contributed by atoms with Gasteiger partial charge in [0.25, 0.3) is 6.33 Å². The molecule has 0 spiro atoms. The first kappa shape index (κ1) is 9.25. The molecule has 12 heavy (non-hydrogen) atoms. The van der Waals surface area contributed by atoms with E-state index >= 15 is 0 Å². The average Bonchev–Trinajstić information content (AvgIpc) is 2.35. The van der Waals surface area contributed by atoms with Gasteiger partial charge >= 0.3 is 10.0 Å². The molecule has 0 atom stereocenters. The van der Waals surface area contributed by atoms with E-state index < -0.39 is 10.0 Å². The van der Waals surface area contributed by atoms with Gasteiger partial charge < -0.3 is 0 Å². The molecule has 0 fully saturated rings. The van der Waals surface area contributed by atoms with Crippen molar-refractivity contribution in [1.29, 1.82) is 0 Å². The van der Waals surface area contributed by atoms with E-state index in [2.05, 4.69) is 0 Å². The van der Waals surface area contributed by atoms with Crippen LogP contribution in [0, 0.1) is 0 Å². The van der Waals surface area contributed by atoms with Gasteiger partial charge in [-0.2, -0.15) is 8.42 Å². The highest BCUT2D eigenvalue weighted by Crippen LogP contribution is 1.90. The summed E-state index contributed by atoms with van der Waals surface area (Å²) < 4.78 is 25.1. The van der Waals surface area contributed by atoms with Gasteiger partial charge in [-0.05, 0) is 6.42 Å². The van der Waals surface area contributed by atoms with E-state index in [-0.39, 0.29) is 0 Å². The monoisotopic (exact) mass is 189 g/mol. The van der Waals surface area contributed by atoms with Crippen molar-refractivity contribution in [3.63, 3.8) is 0 Å². The minimum absolute atomic E-state index is 0.850. The summed E-state index contributed by atoms with van der Waals surface area (Å²) in [5.41, 5.74) is 0. The Labute approximate surface area is 72.5 Å². The van der Waals surface area contributed by atoms with E-state index in [9.17, 15) is 8.42 Å². The van der Waals surface area contributed by atoms with Crippen molar-refractivity contribution in [1.82, 2.24) is 3.97 Å². The molecule has 1 rings (SSSR count). The van der Waals surface area contributed by atoms with Crippen LogP contribution in [0.25, 0.3) is 0 Å². The molecule has 0 saturated heterocycles. The van der Waals surface area contributed by atoms with Crippen molar-refractivity contribution >= 4 is 10.0 Å². The van der Waals surface area contributed by atoms with Crippen LogP contribution in [0.3, 0.4) is 0 Å². The van der Waals surface area contributed by atoms with Crippen LogP contribution in [0.4, 0.5) is 0 Å². The number of rotatable bonds is 3. The van der Waals surface area contributed by atoms with Gasteiger partial charge in [0.05, 0.1) is 12.8 Å². The van der Waals surface area contributed by atoms with E-state index in [1.54, 1.807) is 18.7 Å². The molecule has 5 heteroatoms. The van der Waals surface area contributed by atoms with E-state index in [0.717, 1.165) is 13.0 Å². The lowest BCUT2D eigenvalue weighted by Crippen LogP contribution is -2.30. The van der Waals surface area contributed by atoms with Crippen LogP contribution < -0.4 is 4.57 Å². The maximum Gasteiger partial charge on any atom is 0.301 e. The number of hydrogen-bond acceptors (Lipinski definition) is 2. The zero-order valence-electron chi connectivity index (χ0n) is 7.27. The molecule has 0 aliphatic heterocycles. The molecular formula is C7H13N2O2S+. The summed E-state index contributed by atoms with van der Waals surface area (Å²) in [5, 5.41) is 0. The molecular weight excluding hydrogens is 176 g/mol.